The first-order valence-electron chi connectivity index (χ1n) is 15.2. The van der Waals surface area contributed by atoms with Crippen molar-refractivity contribution in [3.05, 3.63) is 52.6 Å². The number of hydrogen-bond donors (Lipinski definition) is 1. The number of fused-ring (bicyclic) bond motifs is 2. The predicted octanol–water partition coefficient (Wildman–Crippen LogP) is 6.20. The lowest BCUT2D eigenvalue weighted by Gasteiger charge is -2.41. The minimum absolute atomic E-state index is 0.186. The average molecular weight is 522 g/mol. The Balaban J connectivity index is 1.18. The Kier molecular flexibility index (Phi) is 7.13. The van der Waals surface area contributed by atoms with Gasteiger partial charge in [0.2, 0.25) is 0 Å². The molecule has 4 atom stereocenters. The summed E-state index contributed by atoms with van der Waals surface area (Å²) in [5.74, 6) is 0.328. The molecule has 6 rings (SSSR count). The van der Waals surface area contributed by atoms with Crippen LogP contribution in [0.5, 0.6) is 0 Å². The van der Waals surface area contributed by atoms with E-state index in [4.69, 9.17) is 5.10 Å². The molecule has 1 saturated heterocycles. The van der Waals surface area contributed by atoms with Crippen molar-refractivity contribution in [3.63, 3.8) is 0 Å². The van der Waals surface area contributed by atoms with Crippen LogP contribution in [0.25, 0.3) is 0 Å². The molecule has 2 saturated carbocycles. The number of carbonyl (C=O) groups is 1. The van der Waals surface area contributed by atoms with Crippen LogP contribution in [0.1, 0.15) is 93.6 Å². The molecule has 6 heteroatoms. The summed E-state index contributed by atoms with van der Waals surface area (Å²) in [4.78, 5) is 14.9. The van der Waals surface area contributed by atoms with Gasteiger partial charge in [-0.3, -0.25) is 9.48 Å². The zero-order valence-electron chi connectivity index (χ0n) is 23.2. The molecule has 5 nitrogen and oxygen atoms in total. The molecule has 3 aliphatic carbocycles. The summed E-state index contributed by atoms with van der Waals surface area (Å²) in [5.41, 5.74) is 5.68. The fourth-order valence-corrected chi connectivity index (χ4v) is 8.43. The van der Waals surface area contributed by atoms with E-state index in [1.807, 2.05) is 6.07 Å². The van der Waals surface area contributed by atoms with Gasteiger partial charge in [0.1, 0.15) is 5.82 Å². The molecule has 4 aliphatic rings. The lowest BCUT2D eigenvalue weighted by atomic mass is 9.75. The maximum absolute atomic E-state index is 14.2. The minimum Gasteiger partial charge on any atom is -0.481 e. The van der Waals surface area contributed by atoms with E-state index in [0.717, 1.165) is 57.4 Å². The van der Waals surface area contributed by atoms with E-state index in [2.05, 4.69) is 29.5 Å². The molecule has 206 valence electrons. The average Bonchev–Trinajstić information content (AvgIpc) is 3.37. The Bertz CT molecular complexity index is 1160. The van der Waals surface area contributed by atoms with E-state index in [-0.39, 0.29) is 29.0 Å². The molecule has 1 spiro atoms. The highest BCUT2D eigenvalue weighted by molar-refractivity contribution is 5.70. The quantitative estimate of drug-likeness (QED) is 0.427. The Labute approximate surface area is 226 Å². The van der Waals surface area contributed by atoms with Crippen LogP contribution in [0, 0.1) is 29.5 Å². The summed E-state index contributed by atoms with van der Waals surface area (Å²) < 4.78 is 16.5. The van der Waals surface area contributed by atoms with Crippen LogP contribution in [-0.2, 0) is 29.6 Å². The number of aromatic nitrogens is 2. The molecular formula is C32H44FN3O2. The van der Waals surface area contributed by atoms with Crippen LogP contribution < -0.4 is 0 Å². The monoisotopic (exact) mass is 521 g/mol. The van der Waals surface area contributed by atoms with Crippen molar-refractivity contribution in [2.75, 3.05) is 19.6 Å². The highest BCUT2D eigenvalue weighted by atomic mass is 19.1. The largest absolute Gasteiger partial charge is 0.481 e. The lowest BCUT2D eigenvalue weighted by Crippen LogP contribution is -2.44. The van der Waals surface area contributed by atoms with E-state index >= 15 is 0 Å². The smallest absolute Gasteiger partial charge is 0.306 e. The predicted molar refractivity (Wildman–Crippen MR) is 147 cm³/mol. The number of carboxylic acids is 1. The van der Waals surface area contributed by atoms with Gasteiger partial charge in [0.05, 0.1) is 11.6 Å². The Hall–Kier alpha value is -2.21. The van der Waals surface area contributed by atoms with Gasteiger partial charge in [-0.25, -0.2) is 4.39 Å². The van der Waals surface area contributed by atoms with Crippen molar-refractivity contribution in [1.29, 1.82) is 0 Å². The van der Waals surface area contributed by atoms with E-state index in [9.17, 15) is 14.3 Å². The molecule has 0 radical (unpaired) electrons. The molecule has 1 aliphatic heterocycles. The molecule has 0 bridgehead atoms. The van der Waals surface area contributed by atoms with E-state index in [1.54, 1.807) is 6.07 Å². The fourth-order valence-electron chi connectivity index (χ4n) is 8.43. The zero-order chi connectivity index (χ0) is 26.4. The summed E-state index contributed by atoms with van der Waals surface area (Å²) in [6.07, 6.45) is 10.8. The topological polar surface area (TPSA) is 58.4 Å². The molecule has 0 unspecified atom stereocenters. The SMILES string of the molecule is CCc1nn(CC)c2c1CCC21CCN(C[C@H]2C[C@H]([C@@H](CC3CC3)C(=O)O)C[C@@H]2c2cccc(F)c2)CC1. The molecule has 1 N–H and O–H groups in total. The van der Waals surface area contributed by atoms with Crippen LogP contribution in [0.3, 0.4) is 0 Å². The second-order valence-electron chi connectivity index (χ2n) is 12.8. The number of carboxylic acid groups (broad SMARTS) is 1. The standard InChI is InChI=1S/C32H44FN3O2/c1-3-29-26-10-11-32(30(26)36(4-2)34-29)12-14-35(15-13-32)20-24-17-23(28(31(37)38)16-21-8-9-21)19-27(24)22-6-5-7-25(33)18-22/h5-7,18,21,23-24,27-28H,3-4,8-17,19-20H2,1-2H3,(H,37,38)/t23-,24+,27+,28+/m0/s1. The molecular weight excluding hydrogens is 477 g/mol. The molecule has 0 amide bonds. The maximum atomic E-state index is 14.2. The third kappa shape index (κ3) is 4.82. The van der Waals surface area contributed by atoms with Gasteiger partial charge in [-0.1, -0.05) is 31.9 Å². The summed E-state index contributed by atoms with van der Waals surface area (Å²) >= 11 is 0. The zero-order valence-corrected chi connectivity index (χ0v) is 23.2. The number of benzene rings is 1. The van der Waals surface area contributed by atoms with E-state index < -0.39 is 5.97 Å². The number of hydrogen-bond acceptors (Lipinski definition) is 3. The second kappa shape index (κ2) is 10.4. The highest BCUT2D eigenvalue weighted by Crippen LogP contribution is 2.51. The first kappa shape index (κ1) is 26.0. The van der Waals surface area contributed by atoms with Crippen LogP contribution in [-0.4, -0.2) is 45.4 Å². The molecule has 1 aromatic carbocycles. The van der Waals surface area contributed by atoms with Crippen molar-refractivity contribution >= 4 is 5.97 Å². The number of likely N-dealkylation sites (tertiary alicyclic amines) is 1. The van der Waals surface area contributed by atoms with Crippen LogP contribution in [0.2, 0.25) is 0 Å². The van der Waals surface area contributed by atoms with Gasteiger partial charge in [-0.2, -0.15) is 5.10 Å². The van der Waals surface area contributed by atoms with Crippen LogP contribution in [0.15, 0.2) is 24.3 Å². The molecule has 3 fully saturated rings. The number of piperidine rings is 1. The van der Waals surface area contributed by atoms with Gasteiger partial charge < -0.3 is 10.0 Å². The maximum Gasteiger partial charge on any atom is 0.306 e. The Morgan fingerprint density at radius 2 is 1.97 bits per heavy atom. The fraction of sp³-hybridized carbons (Fsp3) is 0.688. The molecule has 38 heavy (non-hydrogen) atoms. The number of nitrogens with zero attached hydrogens (tertiary/aromatic N) is 3. The normalized spacial score (nSPS) is 27.6. The summed E-state index contributed by atoms with van der Waals surface area (Å²) in [6, 6.07) is 7.09. The van der Waals surface area contributed by atoms with Crippen molar-refractivity contribution < 1.29 is 14.3 Å². The van der Waals surface area contributed by atoms with Crippen LogP contribution >= 0.6 is 0 Å². The second-order valence-corrected chi connectivity index (χ2v) is 12.8. The van der Waals surface area contributed by atoms with Gasteiger partial charge >= 0.3 is 5.97 Å². The number of aliphatic carboxylic acids is 1. The number of halogens is 1. The third-order valence-electron chi connectivity index (χ3n) is 10.6. The van der Waals surface area contributed by atoms with Crippen molar-refractivity contribution in [1.82, 2.24) is 14.7 Å². The third-order valence-corrected chi connectivity index (χ3v) is 10.6. The Morgan fingerprint density at radius 3 is 2.63 bits per heavy atom. The first-order chi connectivity index (χ1) is 18.4. The number of aryl methyl sites for hydroxylation is 2. The van der Waals surface area contributed by atoms with E-state index in [0.29, 0.717) is 11.8 Å². The number of rotatable bonds is 9. The minimum atomic E-state index is -0.628. The van der Waals surface area contributed by atoms with Crippen molar-refractivity contribution in [2.24, 2.45) is 23.7 Å². The molecule has 2 heterocycles. The molecule has 2 aromatic rings. The summed E-state index contributed by atoms with van der Waals surface area (Å²) in [5, 5.41) is 15.1. The van der Waals surface area contributed by atoms with Crippen LogP contribution in [0.4, 0.5) is 4.39 Å². The van der Waals surface area contributed by atoms with Gasteiger partial charge in [-0.05, 0) is 118 Å². The van der Waals surface area contributed by atoms with E-state index in [1.165, 1.54) is 61.5 Å². The van der Waals surface area contributed by atoms with Crippen molar-refractivity contribution in [2.45, 2.75) is 95.9 Å². The molecule has 1 aromatic heterocycles. The lowest BCUT2D eigenvalue weighted by molar-refractivity contribution is -0.144. The first-order valence-corrected chi connectivity index (χ1v) is 15.2. The van der Waals surface area contributed by atoms with Gasteiger partial charge in [0.15, 0.2) is 0 Å². The van der Waals surface area contributed by atoms with Crippen molar-refractivity contribution in [3.8, 4) is 0 Å². The van der Waals surface area contributed by atoms with Gasteiger partial charge in [0, 0.05) is 24.2 Å². The summed E-state index contributed by atoms with van der Waals surface area (Å²) in [7, 11) is 0. The Morgan fingerprint density at radius 1 is 1.18 bits per heavy atom. The highest BCUT2D eigenvalue weighted by Gasteiger charge is 2.47. The van der Waals surface area contributed by atoms with Gasteiger partial charge in [0.25, 0.3) is 0 Å². The summed E-state index contributed by atoms with van der Waals surface area (Å²) in [6.45, 7) is 8.53. The van der Waals surface area contributed by atoms with Gasteiger partial charge in [-0.15, -0.1) is 0 Å².